The maximum Gasteiger partial charge on any atom is 0.137 e. The first-order valence-corrected chi connectivity index (χ1v) is 6.60. The molecular weight excluding hydrogens is 309 g/mol. The molecule has 0 atom stereocenters. The molecule has 2 N–H and O–H groups in total. The normalized spacial score (nSPS) is 11.1. The molecule has 0 bridgehead atoms. The molecule has 0 aliphatic rings. The van der Waals surface area contributed by atoms with Gasteiger partial charge < -0.3 is 10.1 Å². The molecule has 0 saturated heterocycles. The number of pyridine rings is 1. The van der Waals surface area contributed by atoms with E-state index < -0.39 is 0 Å². The number of rotatable bonds is 2. The molecule has 2 aromatic heterocycles. The van der Waals surface area contributed by atoms with Crippen molar-refractivity contribution in [3.63, 3.8) is 0 Å². The van der Waals surface area contributed by atoms with Crippen LogP contribution in [0.5, 0.6) is 0 Å². The Hall–Kier alpha value is -1.72. The maximum absolute atomic E-state index is 13.2. The van der Waals surface area contributed by atoms with Crippen LogP contribution in [-0.2, 0) is 6.54 Å². The number of hydrogen-bond donors (Lipinski definition) is 1. The fourth-order valence-corrected chi connectivity index (χ4v) is 2.33. The minimum atomic E-state index is -0.280. The lowest BCUT2D eigenvalue weighted by Gasteiger charge is -1.98. The van der Waals surface area contributed by atoms with Crippen LogP contribution in [0.25, 0.3) is 16.9 Å². The van der Waals surface area contributed by atoms with Crippen LogP contribution in [0.4, 0.5) is 4.39 Å². The largest absolute Gasteiger partial charge is 0.326 e. The number of aromatic nitrogens is 2. The molecule has 0 aliphatic heterocycles. The highest BCUT2D eigenvalue weighted by atomic mass is 79.9. The molecule has 3 rings (SSSR count). The van der Waals surface area contributed by atoms with E-state index in [2.05, 4.69) is 20.9 Å². The first-order valence-electron chi connectivity index (χ1n) is 5.80. The van der Waals surface area contributed by atoms with E-state index in [0.29, 0.717) is 11.0 Å². The molecule has 5 heteroatoms. The molecule has 1 aromatic carbocycles. The summed E-state index contributed by atoms with van der Waals surface area (Å²) in [5.41, 5.74) is 9.16. The van der Waals surface area contributed by atoms with Gasteiger partial charge in [0.15, 0.2) is 0 Å². The predicted octanol–water partition coefficient (Wildman–Crippen LogP) is 3.36. The molecular formula is C14H11BrFN3. The van der Waals surface area contributed by atoms with Crippen LogP contribution in [0.15, 0.2) is 47.2 Å². The van der Waals surface area contributed by atoms with E-state index in [1.165, 1.54) is 6.07 Å². The Morgan fingerprint density at radius 3 is 2.79 bits per heavy atom. The van der Waals surface area contributed by atoms with E-state index in [9.17, 15) is 4.39 Å². The van der Waals surface area contributed by atoms with E-state index in [4.69, 9.17) is 5.73 Å². The number of fused-ring (bicyclic) bond motifs is 1. The summed E-state index contributed by atoms with van der Waals surface area (Å²) < 4.78 is 15.6. The van der Waals surface area contributed by atoms with Crippen molar-refractivity contribution in [2.75, 3.05) is 0 Å². The number of benzene rings is 1. The smallest absolute Gasteiger partial charge is 0.137 e. The van der Waals surface area contributed by atoms with Gasteiger partial charge in [-0.2, -0.15) is 0 Å². The van der Waals surface area contributed by atoms with Gasteiger partial charge in [-0.15, -0.1) is 0 Å². The quantitative estimate of drug-likeness (QED) is 0.787. The lowest BCUT2D eigenvalue weighted by atomic mass is 10.2. The summed E-state index contributed by atoms with van der Waals surface area (Å²) in [6.45, 7) is 0.492. The number of halogens is 2. The SMILES string of the molecule is NCc1ccc2nc(-c3ccc(F)c(Br)c3)cn2c1. The zero-order chi connectivity index (χ0) is 13.4. The van der Waals surface area contributed by atoms with Crippen LogP contribution < -0.4 is 5.73 Å². The van der Waals surface area contributed by atoms with E-state index in [-0.39, 0.29) is 5.82 Å². The highest BCUT2D eigenvalue weighted by Crippen LogP contribution is 2.25. The molecule has 19 heavy (non-hydrogen) atoms. The van der Waals surface area contributed by atoms with E-state index in [1.807, 2.05) is 28.9 Å². The Balaban J connectivity index is 2.11. The predicted molar refractivity (Wildman–Crippen MR) is 76.2 cm³/mol. The van der Waals surface area contributed by atoms with Crippen molar-refractivity contribution in [2.45, 2.75) is 6.54 Å². The summed E-state index contributed by atoms with van der Waals surface area (Å²) in [5.74, 6) is -0.280. The third-order valence-corrected chi connectivity index (χ3v) is 3.57. The fraction of sp³-hybridized carbons (Fsp3) is 0.0714. The van der Waals surface area contributed by atoms with Crippen LogP contribution in [0.3, 0.4) is 0 Å². The minimum Gasteiger partial charge on any atom is -0.326 e. The van der Waals surface area contributed by atoms with Gasteiger partial charge in [0.25, 0.3) is 0 Å². The van der Waals surface area contributed by atoms with Gasteiger partial charge in [-0.1, -0.05) is 6.07 Å². The molecule has 0 aliphatic carbocycles. The molecule has 0 saturated carbocycles. The topological polar surface area (TPSA) is 43.3 Å². The van der Waals surface area contributed by atoms with Crippen molar-refractivity contribution < 1.29 is 4.39 Å². The standard InChI is InChI=1S/C14H11BrFN3/c15-11-5-10(2-3-12(11)16)13-8-19-7-9(6-17)1-4-14(19)18-13/h1-5,7-8H,6,17H2. The third kappa shape index (κ3) is 2.27. The van der Waals surface area contributed by atoms with Crippen molar-refractivity contribution in [1.82, 2.24) is 9.38 Å². The number of nitrogens with two attached hydrogens (primary N) is 1. The molecule has 0 fully saturated rings. The van der Waals surface area contributed by atoms with Crippen molar-refractivity contribution >= 4 is 21.6 Å². The average Bonchev–Trinajstić information content (AvgIpc) is 2.84. The zero-order valence-corrected chi connectivity index (χ0v) is 11.6. The van der Waals surface area contributed by atoms with E-state index in [0.717, 1.165) is 22.5 Å². The number of nitrogens with zero attached hydrogens (tertiary/aromatic N) is 2. The second-order valence-corrected chi connectivity index (χ2v) is 5.12. The van der Waals surface area contributed by atoms with Crippen LogP contribution >= 0.6 is 15.9 Å². The Bertz CT molecular complexity index is 752. The monoisotopic (exact) mass is 319 g/mol. The molecule has 0 spiro atoms. The van der Waals surface area contributed by atoms with Gasteiger partial charge in [-0.05, 0) is 45.8 Å². The van der Waals surface area contributed by atoms with Gasteiger partial charge in [0.2, 0.25) is 0 Å². The number of imidazole rings is 1. The van der Waals surface area contributed by atoms with E-state index in [1.54, 1.807) is 12.1 Å². The highest BCUT2D eigenvalue weighted by Gasteiger charge is 2.07. The second-order valence-electron chi connectivity index (χ2n) is 4.26. The summed E-state index contributed by atoms with van der Waals surface area (Å²) in [4.78, 5) is 4.51. The van der Waals surface area contributed by atoms with E-state index >= 15 is 0 Å². The minimum absolute atomic E-state index is 0.280. The molecule has 2 heterocycles. The highest BCUT2D eigenvalue weighted by molar-refractivity contribution is 9.10. The first kappa shape index (κ1) is 12.3. The van der Waals surface area contributed by atoms with Gasteiger partial charge in [0, 0.05) is 24.5 Å². The van der Waals surface area contributed by atoms with Crippen molar-refractivity contribution in [3.8, 4) is 11.3 Å². The molecule has 3 aromatic rings. The average molecular weight is 320 g/mol. The number of hydrogen-bond acceptors (Lipinski definition) is 2. The molecule has 3 nitrogen and oxygen atoms in total. The lowest BCUT2D eigenvalue weighted by molar-refractivity contribution is 0.621. The van der Waals surface area contributed by atoms with Gasteiger partial charge in [0.05, 0.1) is 10.2 Å². The van der Waals surface area contributed by atoms with Gasteiger partial charge in [0.1, 0.15) is 11.5 Å². The summed E-state index contributed by atoms with van der Waals surface area (Å²) in [7, 11) is 0. The summed E-state index contributed by atoms with van der Waals surface area (Å²) >= 11 is 3.18. The van der Waals surface area contributed by atoms with Crippen molar-refractivity contribution in [3.05, 3.63) is 58.6 Å². The Labute approximate surface area is 118 Å². The third-order valence-electron chi connectivity index (χ3n) is 2.96. The van der Waals surface area contributed by atoms with Gasteiger partial charge in [-0.25, -0.2) is 9.37 Å². The Morgan fingerprint density at radius 1 is 1.21 bits per heavy atom. The molecule has 0 radical (unpaired) electrons. The van der Waals surface area contributed by atoms with Crippen LogP contribution in [0, 0.1) is 5.82 Å². The molecule has 96 valence electrons. The Kier molecular flexibility index (Phi) is 3.08. The second kappa shape index (κ2) is 4.75. The van der Waals surface area contributed by atoms with Crippen LogP contribution in [-0.4, -0.2) is 9.38 Å². The van der Waals surface area contributed by atoms with Gasteiger partial charge >= 0.3 is 0 Å². The fourth-order valence-electron chi connectivity index (χ4n) is 1.95. The summed E-state index contributed by atoms with van der Waals surface area (Å²) in [5, 5.41) is 0. The first-order chi connectivity index (χ1) is 9.17. The zero-order valence-electron chi connectivity index (χ0n) is 9.98. The van der Waals surface area contributed by atoms with Crippen LogP contribution in [0.1, 0.15) is 5.56 Å². The molecule has 0 amide bonds. The summed E-state index contributed by atoms with van der Waals surface area (Å²) in [6.07, 6.45) is 3.86. The molecule has 0 unspecified atom stereocenters. The van der Waals surface area contributed by atoms with Crippen molar-refractivity contribution in [2.24, 2.45) is 5.73 Å². The summed E-state index contributed by atoms with van der Waals surface area (Å²) in [6, 6.07) is 8.73. The Morgan fingerprint density at radius 2 is 2.05 bits per heavy atom. The maximum atomic E-state index is 13.2. The lowest BCUT2D eigenvalue weighted by Crippen LogP contribution is -1.97. The van der Waals surface area contributed by atoms with Crippen molar-refractivity contribution in [1.29, 1.82) is 0 Å². The van der Waals surface area contributed by atoms with Gasteiger partial charge in [-0.3, -0.25) is 0 Å². The van der Waals surface area contributed by atoms with Crippen LogP contribution in [0.2, 0.25) is 0 Å².